The van der Waals surface area contributed by atoms with Gasteiger partial charge in [0.2, 0.25) is 5.91 Å². The minimum Gasteiger partial charge on any atom is -0.383 e. The number of H-pyrrole nitrogens is 1. The van der Waals surface area contributed by atoms with Crippen molar-refractivity contribution in [3.05, 3.63) is 16.4 Å². The number of anilines is 1. The van der Waals surface area contributed by atoms with Crippen LogP contribution in [0.15, 0.2) is 16.0 Å². The first-order chi connectivity index (χ1) is 11.2. The lowest BCUT2D eigenvalue weighted by atomic mass is 10.1. The van der Waals surface area contributed by atoms with E-state index in [1.54, 1.807) is 4.90 Å². The molecule has 2 rings (SSSR count). The molecule has 0 unspecified atom stereocenters. The summed E-state index contributed by atoms with van der Waals surface area (Å²) in [6, 6.07) is 0.830. The fourth-order valence-electron chi connectivity index (χ4n) is 2.73. The second kappa shape index (κ2) is 7.56. The van der Waals surface area contributed by atoms with Crippen LogP contribution in [0.2, 0.25) is 0 Å². The van der Waals surface area contributed by atoms with Gasteiger partial charge in [-0.25, -0.2) is 13.4 Å². The van der Waals surface area contributed by atoms with Crippen molar-refractivity contribution < 1.29 is 13.2 Å². The van der Waals surface area contributed by atoms with Gasteiger partial charge >= 0.3 is 0 Å². The standard InChI is InChI=1S/C14H22N4O4S2/c1-3-9(2)18(10-4-5-24(21,22)8-10)13(20)7-23-14-16-11(15)6-12(19)17-14/h6,9-10H,3-5,7-8H2,1-2H3,(H3,15,16,17,19)/t9-,10+/m1/s1. The predicted octanol–water partition coefficient (Wildman–Crippen LogP) is 0.258. The molecule has 1 aromatic heterocycles. The Balaban J connectivity index is 2.09. The first kappa shape index (κ1) is 18.8. The number of carbonyl (C=O) groups is 1. The van der Waals surface area contributed by atoms with Gasteiger partial charge in [-0.15, -0.1) is 0 Å². The maximum atomic E-state index is 12.6. The summed E-state index contributed by atoms with van der Waals surface area (Å²) >= 11 is 1.08. The average molecular weight is 374 g/mol. The van der Waals surface area contributed by atoms with Crippen LogP contribution >= 0.6 is 11.8 Å². The molecule has 1 fully saturated rings. The van der Waals surface area contributed by atoms with E-state index in [1.807, 2.05) is 13.8 Å². The van der Waals surface area contributed by atoms with E-state index in [0.717, 1.165) is 18.2 Å². The van der Waals surface area contributed by atoms with E-state index in [-0.39, 0.29) is 51.8 Å². The van der Waals surface area contributed by atoms with Crippen LogP contribution in [0.4, 0.5) is 5.82 Å². The van der Waals surface area contributed by atoms with E-state index < -0.39 is 9.84 Å². The highest BCUT2D eigenvalue weighted by molar-refractivity contribution is 7.99. The molecular weight excluding hydrogens is 352 g/mol. The van der Waals surface area contributed by atoms with Crippen LogP contribution < -0.4 is 11.3 Å². The maximum Gasteiger partial charge on any atom is 0.253 e. The Hall–Kier alpha value is -1.55. The van der Waals surface area contributed by atoms with Gasteiger partial charge < -0.3 is 15.6 Å². The number of nitrogens with one attached hydrogen (secondary N) is 1. The molecule has 134 valence electrons. The third kappa shape index (κ3) is 4.73. The molecule has 0 saturated carbocycles. The summed E-state index contributed by atoms with van der Waals surface area (Å²) in [7, 11) is -3.07. The number of aromatic amines is 1. The fraction of sp³-hybridized carbons (Fsp3) is 0.643. The van der Waals surface area contributed by atoms with Crippen molar-refractivity contribution in [2.75, 3.05) is 23.0 Å². The minimum atomic E-state index is -3.07. The zero-order valence-electron chi connectivity index (χ0n) is 13.7. The molecule has 0 radical (unpaired) electrons. The molecule has 1 amide bonds. The Morgan fingerprint density at radius 1 is 1.58 bits per heavy atom. The SMILES string of the molecule is CC[C@@H](C)N(C(=O)CSc1nc(N)cc(=O)[nH]1)[C@H]1CCS(=O)(=O)C1. The molecule has 2 heterocycles. The summed E-state index contributed by atoms with van der Waals surface area (Å²) in [5, 5.41) is 0.275. The Bertz CT molecular complexity index is 762. The monoisotopic (exact) mass is 374 g/mol. The molecule has 0 spiro atoms. The Morgan fingerprint density at radius 2 is 2.29 bits per heavy atom. The Kier molecular flexibility index (Phi) is 5.92. The smallest absolute Gasteiger partial charge is 0.253 e. The number of nitrogens with two attached hydrogens (primary N) is 1. The summed E-state index contributed by atoms with van der Waals surface area (Å²) in [5.74, 6) is 0.125. The van der Waals surface area contributed by atoms with Gasteiger partial charge in [0.1, 0.15) is 5.82 Å². The Labute approximate surface area is 145 Å². The van der Waals surface area contributed by atoms with Crippen LogP contribution in [0.25, 0.3) is 0 Å². The van der Waals surface area contributed by atoms with Gasteiger partial charge in [0.15, 0.2) is 15.0 Å². The number of hydrogen-bond donors (Lipinski definition) is 2. The van der Waals surface area contributed by atoms with Gasteiger partial charge in [0, 0.05) is 18.2 Å². The lowest BCUT2D eigenvalue weighted by Crippen LogP contribution is -2.47. The number of carbonyl (C=O) groups excluding carboxylic acids is 1. The quantitative estimate of drug-likeness (QED) is 0.540. The first-order valence-electron chi connectivity index (χ1n) is 7.73. The highest BCUT2D eigenvalue weighted by Crippen LogP contribution is 2.23. The highest BCUT2D eigenvalue weighted by Gasteiger charge is 2.36. The second-order valence-corrected chi connectivity index (χ2v) is 9.07. The third-order valence-electron chi connectivity index (χ3n) is 4.03. The number of sulfone groups is 1. The van der Waals surface area contributed by atoms with Crippen LogP contribution in [-0.4, -0.2) is 58.5 Å². The molecule has 8 nitrogen and oxygen atoms in total. The molecule has 0 bridgehead atoms. The van der Waals surface area contributed by atoms with Crippen molar-refractivity contribution in [1.29, 1.82) is 0 Å². The van der Waals surface area contributed by atoms with Gasteiger partial charge in [0.25, 0.3) is 5.56 Å². The molecule has 3 N–H and O–H groups in total. The second-order valence-electron chi connectivity index (χ2n) is 5.88. The third-order valence-corrected chi connectivity index (χ3v) is 6.64. The number of thioether (sulfide) groups is 1. The first-order valence-corrected chi connectivity index (χ1v) is 10.5. The van der Waals surface area contributed by atoms with E-state index in [9.17, 15) is 18.0 Å². The van der Waals surface area contributed by atoms with E-state index in [0.29, 0.717) is 6.42 Å². The zero-order valence-corrected chi connectivity index (χ0v) is 15.3. The molecule has 1 saturated heterocycles. The van der Waals surface area contributed by atoms with Crippen molar-refractivity contribution in [1.82, 2.24) is 14.9 Å². The topological polar surface area (TPSA) is 126 Å². The highest BCUT2D eigenvalue weighted by atomic mass is 32.2. The number of aromatic nitrogens is 2. The van der Waals surface area contributed by atoms with E-state index >= 15 is 0 Å². The number of nitrogen functional groups attached to an aromatic ring is 1. The maximum absolute atomic E-state index is 12.6. The van der Waals surface area contributed by atoms with Crippen LogP contribution in [0, 0.1) is 0 Å². The predicted molar refractivity (Wildman–Crippen MR) is 93.7 cm³/mol. The largest absolute Gasteiger partial charge is 0.383 e. The van der Waals surface area contributed by atoms with E-state index in [4.69, 9.17) is 5.73 Å². The van der Waals surface area contributed by atoms with Crippen molar-refractivity contribution >= 4 is 33.3 Å². The number of amides is 1. The summed E-state index contributed by atoms with van der Waals surface area (Å²) < 4.78 is 23.5. The van der Waals surface area contributed by atoms with Crippen molar-refractivity contribution in [2.45, 2.75) is 43.9 Å². The molecule has 10 heteroatoms. The zero-order chi connectivity index (χ0) is 17.9. The summed E-state index contributed by atoms with van der Waals surface area (Å²) in [5.41, 5.74) is 5.14. The molecule has 24 heavy (non-hydrogen) atoms. The molecular formula is C14H22N4O4S2. The number of nitrogens with zero attached hydrogens (tertiary/aromatic N) is 2. The van der Waals surface area contributed by atoms with Gasteiger partial charge in [-0.05, 0) is 19.8 Å². The lowest BCUT2D eigenvalue weighted by molar-refractivity contribution is -0.132. The van der Waals surface area contributed by atoms with Crippen LogP contribution in [0.3, 0.4) is 0 Å². The van der Waals surface area contributed by atoms with Gasteiger partial charge in [-0.1, -0.05) is 18.7 Å². The van der Waals surface area contributed by atoms with Crippen molar-refractivity contribution in [2.24, 2.45) is 0 Å². The molecule has 0 aliphatic carbocycles. The number of rotatable bonds is 6. The van der Waals surface area contributed by atoms with Crippen molar-refractivity contribution in [3.63, 3.8) is 0 Å². The Morgan fingerprint density at radius 3 is 2.83 bits per heavy atom. The fourth-order valence-corrected chi connectivity index (χ4v) is 5.19. The van der Waals surface area contributed by atoms with Crippen LogP contribution in [0.1, 0.15) is 26.7 Å². The molecule has 1 aliphatic rings. The lowest BCUT2D eigenvalue weighted by Gasteiger charge is -2.33. The number of hydrogen-bond acceptors (Lipinski definition) is 7. The van der Waals surface area contributed by atoms with Crippen LogP contribution in [-0.2, 0) is 14.6 Å². The van der Waals surface area contributed by atoms with E-state index in [2.05, 4.69) is 9.97 Å². The van der Waals surface area contributed by atoms with Gasteiger partial charge in [-0.3, -0.25) is 9.59 Å². The van der Waals surface area contributed by atoms with Crippen LogP contribution in [0.5, 0.6) is 0 Å². The summed E-state index contributed by atoms with van der Waals surface area (Å²) in [4.78, 5) is 32.2. The van der Waals surface area contributed by atoms with E-state index in [1.165, 1.54) is 6.07 Å². The molecule has 1 aromatic rings. The van der Waals surface area contributed by atoms with Crippen molar-refractivity contribution in [3.8, 4) is 0 Å². The van der Waals surface area contributed by atoms with Gasteiger partial charge in [-0.2, -0.15) is 0 Å². The molecule has 0 aromatic carbocycles. The normalized spacial score (nSPS) is 20.7. The summed E-state index contributed by atoms with van der Waals surface area (Å²) in [6.07, 6.45) is 1.21. The van der Waals surface area contributed by atoms with Gasteiger partial charge in [0.05, 0.1) is 17.3 Å². The molecule has 2 atom stereocenters. The average Bonchev–Trinajstić information content (AvgIpc) is 2.84. The molecule has 1 aliphatic heterocycles. The minimum absolute atomic E-state index is 0.0150. The summed E-state index contributed by atoms with van der Waals surface area (Å²) in [6.45, 7) is 3.87.